The van der Waals surface area contributed by atoms with Crippen LogP contribution in [0.3, 0.4) is 0 Å². The molecule has 0 spiro atoms. The molecule has 0 fully saturated rings. The summed E-state index contributed by atoms with van der Waals surface area (Å²) in [5, 5.41) is 18.1. The predicted octanol–water partition coefficient (Wildman–Crippen LogP) is 5.11. The second-order valence-electron chi connectivity index (χ2n) is 5.06. The van der Waals surface area contributed by atoms with E-state index in [9.17, 15) is 0 Å². The van der Waals surface area contributed by atoms with Crippen LogP contribution in [0, 0.1) is 0 Å². The third-order valence-electron chi connectivity index (χ3n) is 3.71. The van der Waals surface area contributed by atoms with Gasteiger partial charge in [-0.15, -0.1) is 20.4 Å². The van der Waals surface area contributed by atoms with Crippen LogP contribution >= 0.6 is 11.3 Å². The van der Waals surface area contributed by atoms with Gasteiger partial charge in [-0.3, -0.25) is 0 Å². The number of fused-ring (bicyclic) bond motifs is 1. The van der Waals surface area contributed by atoms with Crippen molar-refractivity contribution in [1.29, 1.82) is 0 Å². The summed E-state index contributed by atoms with van der Waals surface area (Å²) in [4.78, 5) is 0. The van der Waals surface area contributed by atoms with Crippen LogP contribution < -0.4 is 0 Å². The van der Waals surface area contributed by atoms with E-state index in [2.05, 4.69) is 56.3 Å². The highest BCUT2D eigenvalue weighted by Gasteiger charge is 2.16. The van der Waals surface area contributed by atoms with Gasteiger partial charge in [-0.2, -0.15) is 0 Å². The third-order valence-corrected chi connectivity index (χ3v) is 4.29. The summed E-state index contributed by atoms with van der Waals surface area (Å²) in [7, 11) is 2.05. The molecule has 0 N–H and O–H groups in total. The number of nitrogens with zero attached hydrogens (tertiary/aromatic N) is 5. The van der Waals surface area contributed by atoms with Crippen molar-refractivity contribution in [2.45, 2.75) is 0 Å². The molecule has 0 atom stereocenters. The summed E-state index contributed by atoms with van der Waals surface area (Å²) in [5.41, 5.74) is 5.77. The Morgan fingerprint density at radius 1 is 0.957 bits per heavy atom. The maximum absolute atomic E-state index is 4.49. The molecule has 2 heterocycles. The normalized spacial score (nSPS) is 11.5. The zero-order valence-electron chi connectivity index (χ0n) is 12.4. The van der Waals surface area contributed by atoms with Gasteiger partial charge in [-0.05, 0) is 6.07 Å². The first-order valence-corrected chi connectivity index (χ1v) is 8.03. The van der Waals surface area contributed by atoms with Crippen LogP contribution in [0.4, 0.5) is 10.8 Å². The van der Waals surface area contributed by atoms with Crippen molar-refractivity contribution in [2.75, 3.05) is 0 Å². The van der Waals surface area contributed by atoms with E-state index in [1.807, 2.05) is 30.3 Å². The van der Waals surface area contributed by atoms with Crippen molar-refractivity contribution >= 4 is 33.1 Å². The zero-order valence-corrected chi connectivity index (χ0v) is 13.2. The summed E-state index contributed by atoms with van der Waals surface area (Å²) in [5.74, 6) is 0. The van der Waals surface area contributed by atoms with Crippen LogP contribution in [0.1, 0.15) is 0 Å². The average molecular weight is 319 g/mol. The highest BCUT2D eigenvalue weighted by molar-refractivity contribution is 7.13. The smallest absolute Gasteiger partial charge is 0.251 e. The molecule has 6 heteroatoms. The van der Waals surface area contributed by atoms with Gasteiger partial charge in [0.25, 0.3) is 5.13 Å². The molecule has 4 rings (SSSR count). The minimum atomic E-state index is 0.553. The van der Waals surface area contributed by atoms with Crippen LogP contribution in [0.15, 0.2) is 70.3 Å². The molecular weight excluding hydrogens is 306 g/mol. The SMILES string of the molecule is Cn1c(-c2ccccc2)c(N=Nc2nncs2)c2ccccc21. The lowest BCUT2D eigenvalue weighted by molar-refractivity contribution is 0.975. The highest BCUT2D eigenvalue weighted by Crippen LogP contribution is 2.40. The van der Waals surface area contributed by atoms with Crippen molar-refractivity contribution < 1.29 is 0 Å². The lowest BCUT2D eigenvalue weighted by atomic mass is 10.1. The largest absolute Gasteiger partial charge is 0.342 e. The van der Waals surface area contributed by atoms with Gasteiger partial charge in [0.2, 0.25) is 0 Å². The van der Waals surface area contributed by atoms with E-state index in [0.717, 1.165) is 27.8 Å². The summed E-state index contributed by atoms with van der Waals surface area (Å²) in [6.45, 7) is 0. The zero-order chi connectivity index (χ0) is 15.6. The van der Waals surface area contributed by atoms with Gasteiger partial charge in [0.05, 0.1) is 11.2 Å². The quantitative estimate of drug-likeness (QED) is 0.493. The number of benzene rings is 2. The Hall–Kier alpha value is -2.86. The van der Waals surface area contributed by atoms with Crippen molar-refractivity contribution in [1.82, 2.24) is 14.8 Å². The number of azo groups is 1. The Labute approximate surface area is 137 Å². The van der Waals surface area contributed by atoms with Crippen LogP contribution in [0.2, 0.25) is 0 Å². The summed E-state index contributed by atoms with van der Waals surface area (Å²) >= 11 is 1.37. The van der Waals surface area contributed by atoms with Crippen LogP contribution in [0.25, 0.3) is 22.2 Å². The maximum Gasteiger partial charge on any atom is 0.251 e. The molecule has 112 valence electrons. The molecule has 0 amide bonds. The van der Waals surface area contributed by atoms with Gasteiger partial charge in [-0.25, -0.2) is 0 Å². The first kappa shape index (κ1) is 13.8. The number of aryl methyl sites for hydroxylation is 1. The van der Waals surface area contributed by atoms with Crippen molar-refractivity contribution in [3.05, 3.63) is 60.1 Å². The molecule has 2 aromatic carbocycles. The molecule has 0 aliphatic rings. The van der Waals surface area contributed by atoms with Gasteiger partial charge in [0.15, 0.2) is 0 Å². The highest BCUT2D eigenvalue weighted by atomic mass is 32.1. The fourth-order valence-electron chi connectivity index (χ4n) is 2.70. The van der Waals surface area contributed by atoms with E-state index >= 15 is 0 Å². The molecule has 0 aliphatic heterocycles. The number of aromatic nitrogens is 3. The summed E-state index contributed by atoms with van der Waals surface area (Å²) < 4.78 is 2.15. The lowest BCUT2D eigenvalue weighted by Crippen LogP contribution is -1.90. The first-order valence-electron chi connectivity index (χ1n) is 7.15. The Morgan fingerprint density at radius 2 is 1.74 bits per heavy atom. The molecule has 0 unspecified atom stereocenters. The van der Waals surface area contributed by atoms with Crippen molar-refractivity contribution in [3.63, 3.8) is 0 Å². The van der Waals surface area contributed by atoms with Crippen LogP contribution in [-0.2, 0) is 7.05 Å². The Bertz CT molecular complexity index is 971. The molecule has 4 aromatic rings. The van der Waals surface area contributed by atoms with Crippen molar-refractivity contribution in [3.8, 4) is 11.3 Å². The van der Waals surface area contributed by atoms with Gasteiger partial charge in [0.1, 0.15) is 11.2 Å². The maximum atomic E-state index is 4.49. The van der Waals surface area contributed by atoms with Gasteiger partial charge >= 0.3 is 0 Å². The molecule has 2 aromatic heterocycles. The number of hydrogen-bond donors (Lipinski definition) is 0. The molecule has 0 bridgehead atoms. The second-order valence-corrected chi connectivity index (χ2v) is 5.87. The fourth-order valence-corrected chi connectivity index (χ4v) is 3.08. The second kappa shape index (κ2) is 5.73. The molecule has 23 heavy (non-hydrogen) atoms. The van der Waals surface area contributed by atoms with Gasteiger partial charge < -0.3 is 4.57 Å². The summed E-state index contributed by atoms with van der Waals surface area (Å²) in [6, 6.07) is 18.4. The first-order chi connectivity index (χ1) is 11.3. The van der Waals surface area contributed by atoms with E-state index in [4.69, 9.17) is 0 Å². The number of rotatable bonds is 3. The van der Waals surface area contributed by atoms with Crippen molar-refractivity contribution in [2.24, 2.45) is 17.3 Å². The Kier molecular flexibility index (Phi) is 3.44. The molecule has 0 radical (unpaired) electrons. The predicted molar refractivity (Wildman–Crippen MR) is 92.4 cm³/mol. The topological polar surface area (TPSA) is 55.4 Å². The van der Waals surface area contributed by atoms with E-state index in [1.54, 1.807) is 5.51 Å². The molecule has 0 saturated carbocycles. The van der Waals surface area contributed by atoms with E-state index < -0.39 is 0 Å². The number of para-hydroxylation sites is 1. The number of hydrogen-bond acceptors (Lipinski definition) is 5. The average Bonchev–Trinajstić information content (AvgIpc) is 3.21. The van der Waals surface area contributed by atoms with Crippen LogP contribution in [0.5, 0.6) is 0 Å². The van der Waals surface area contributed by atoms with Crippen LogP contribution in [-0.4, -0.2) is 14.8 Å². The summed E-state index contributed by atoms with van der Waals surface area (Å²) in [6.07, 6.45) is 0. The van der Waals surface area contributed by atoms with E-state index in [-0.39, 0.29) is 0 Å². The molecule has 0 saturated heterocycles. The fraction of sp³-hybridized carbons (Fsp3) is 0.0588. The molecular formula is C17H13N5S. The minimum Gasteiger partial charge on any atom is -0.342 e. The Balaban J connectivity index is 1.97. The van der Waals surface area contributed by atoms with Gasteiger partial charge in [0, 0.05) is 18.0 Å². The lowest BCUT2D eigenvalue weighted by Gasteiger charge is -2.05. The van der Waals surface area contributed by atoms with Gasteiger partial charge in [-0.1, -0.05) is 59.9 Å². The molecule has 0 aliphatic carbocycles. The standard InChI is InChI=1S/C17H13N5S/c1-22-14-10-6-5-9-13(14)15(19-21-17-20-18-11-23-17)16(22)12-7-3-2-4-8-12/h2-11H,1H3. The van der Waals surface area contributed by atoms with E-state index in [0.29, 0.717) is 5.13 Å². The molecule has 5 nitrogen and oxygen atoms in total. The van der Waals surface area contributed by atoms with E-state index in [1.165, 1.54) is 11.3 Å². The Morgan fingerprint density at radius 3 is 2.52 bits per heavy atom. The monoisotopic (exact) mass is 319 g/mol. The third kappa shape index (κ3) is 2.43. The minimum absolute atomic E-state index is 0.553.